The molecule has 3 N–H and O–H groups in total. The lowest BCUT2D eigenvalue weighted by molar-refractivity contribution is 0.349. The van der Waals surface area contributed by atoms with Crippen molar-refractivity contribution in [3.63, 3.8) is 0 Å². The first-order valence-electron chi connectivity index (χ1n) is 8.51. The molecule has 0 saturated heterocycles. The fraction of sp³-hybridized carbons (Fsp3) is 0.368. The van der Waals surface area contributed by atoms with Crippen LogP contribution in [0, 0.1) is 11.3 Å². The molecule has 0 amide bonds. The van der Waals surface area contributed by atoms with Gasteiger partial charge in [0.25, 0.3) is 0 Å². The van der Waals surface area contributed by atoms with Gasteiger partial charge in [0.2, 0.25) is 5.88 Å². The fourth-order valence-electron chi connectivity index (χ4n) is 3.00. The van der Waals surface area contributed by atoms with Gasteiger partial charge in [-0.15, -0.1) is 0 Å². The Balaban J connectivity index is 2.07. The van der Waals surface area contributed by atoms with E-state index >= 15 is 0 Å². The molecular weight excluding hydrogens is 332 g/mol. The van der Waals surface area contributed by atoms with Gasteiger partial charge in [0.1, 0.15) is 23.2 Å². The van der Waals surface area contributed by atoms with Crippen LogP contribution in [0.2, 0.25) is 0 Å². The Morgan fingerprint density at radius 3 is 2.69 bits per heavy atom. The maximum atomic E-state index is 9.52. The molecule has 0 saturated carbocycles. The van der Waals surface area contributed by atoms with Crippen molar-refractivity contribution < 1.29 is 14.2 Å². The largest absolute Gasteiger partial charge is 0.493 e. The van der Waals surface area contributed by atoms with E-state index in [1.165, 1.54) is 0 Å². The van der Waals surface area contributed by atoms with Crippen molar-refractivity contribution in [1.29, 1.82) is 5.26 Å². The summed E-state index contributed by atoms with van der Waals surface area (Å²) in [5.74, 6) is 2.43. The summed E-state index contributed by atoms with van der Waals surface area (Å²) in [4.78, 5) is 4.29. The van der Waals surface area contributed by atoms with E-state index in [2.05, 4.69) is 23.3 Å². The second-order valence-electron chi connectivity index (χ2n) is 6.02. The van der Waals surface area contributed by atoms with Crippen molar-refractivity contribution in [2.45, 2.75) is 26.2 Å². The quantitative estimate of drug-likeness (QED) is 0.653. The van der Waals surface area contributed by atoms with Crippen LogP contribution in [-0.2, 0) is 6.42 Å². The van der Waals surface area contributed by atoms with E-state index in [0.29, 0.717) is 40.8 Å². The molecule has 0 unspecified atom stereocenters. The summed E-state index contributed by atoms with van der Waals surface area (Å²) in [5, 5.41) is 12.9. The van der Waals surface area contributed by atoms with Crippen LogP contribution in [0.15, 0.2) is 12.1 Å². The van der Waals surface area contributed by atoms with Crippen LogP contribution < -0.4 is 25.3 Å². The van der Waals surface area contributed by atoms with Gasteiger partial charge in [-0.05, 0) is 12.5 Å². The van der Waals surface area contributed by atoms with Crippen LogP contribution in [0.4, 0.5) is 11.5 Å². The summed E-state index contributed by atoms with van der Waals surface area (Å²) < 4.78 is 16.7. The normalized spacial score (nSPS) is 11.6. The van der Waals surface area contributed by atoms with Gasteiger partial charge in [0, 0.05) is 30.2 Å². The number of fused-ring (bicyclic) bond motifs is 2. The predicted octanol–water partition coefficient (Wildman–Crippen LogP) is 3.46. The number of hydrogen-bond donors (Lipinski definition) is 2. The average Bonchev–Trinajstić information content (AvgIpc) is 2.65. The highest BCUT2D eigenvalue weighted by Crippen LogP contribution is 2.45. The lowest BCUT2D eigenvalue weighted by Crippen LogP contribution is -2.14. The van der Waals surface area contributed by atoms with Gasteiger partial charge < -0.3 is 25.3 Å². The molecule has 7 heteroatoms. The van der Waals surface area contributed by atoms with Crippen LogP contribution in [0.5, 0.6) is 23.1 Å². The summed E-state index contributed by atoms with van der Waals surface area (Å²) in [7, 11) is 3.17. The number of ether oxygens (including phenoxy) is 3. The van der Waals surface area contributed by atoms with Gasteiger partial charge >= 0.3 is 0 Å². The summed E-state index contributed by atoms with van der Waals surface area (Å²) >= 11 is 0. The first-order chi connectivity index (χ1) is 12.6. The van der Waals surface area contributed by atoms with Crippen molar-refractivity contribution in [3.8, 4) is 29.2 Å². The molecule has 0 fully saturated rings. The molecule has 2 heterocycles. The number of benzene rings is 1. The number of nitrogens with one attached hydrogen (secondary N) is 1. The Labute approximate surface area is 152 Å². The molecule has 0 bridgehead atoms. The van der Waals surface area contributed by atoms with Gasteiger partial charge in [-0.2, -0.15) is 10.2 Å². The van der Waals surface area contributed by atoms with E-state index in [1.807, 2.05) is 6.07 Å². The predicted molar refractivity (Wildman–Crippen MR) is 99.2 cm³/mol. The van der Waals surface area contributed by atoms with Crippen LogP contribution in [0.1, 0.15) is 36.5 Å². The summed E-state index contributed by atoms with van der Waals surface area (Å²) in [6.45, 7) is 2.86. The maximum Gasteiger partial charge on any atom is 0.226 e. The molecular formula is C19H22N4O3. The smallest absolute Gasteiger partial charge is 0.226 e. The zero-order valence-electron chi connectivity index (χ0n) is 15.2. The number of unbranched alkanes of at least 4 members (excludes halogenated alkanes) is 1. The van der Waals surface area contributed by atoms with Crippen molar-refractivity contribution in [3.05, 3.63) is 28.8 Å². The molecule has 0 aliphatic carbocycles. The molecule has 26 heavy (non-hydrogen) atoms. The monoisotopic (exact) mass is 354 g/mol. The molecule has 3 rings (SSSR count). The molecule has 1 aromatic carbocycles. The second kappa shape index (κ2) is 7.40. The molecule has 1 aromatic heterocycles. The SMILES string of the molecule is CCCCNc1c(C#N)c(N)nc2c1Cc1cc(OC)c(OC)cc1O2. The standard InChI is InChI=1S/C19H22N4O3/c1-4-5-6-22-17-12-7-11-8-15(24-2)16(25-3)9-14(11)26-19(12)23-18(21)13(17)10-20/h8-9H,4-7H2,1-3H3,(H3,21,22,23). The van der Waals surface area contributed by atoms with Crippen molar-refractivity contribution in [2.24, 2.45) is 0 Å². The van der Waals surface area contributed by atoms with Gasteiger partial charge in [-0.1, -0.05) is 13.3 Å². The lowest BCUT2D eigenvalue weighted by atomic mass is 9.98. The van der Waals surface area contributed by atoms with Gasteiger partial charge in [0.05, 0.1) is 19.9 Å². The van der Waals surface area contributed by atoms with Crippen molar-refractivity contribution in [2.75, 3.05) is 31.8 Å². The van der Waals surface area contributed by atoms with Crippen molar-refractivity contribution in [1.82, 2.24) is 4.98 Å². The van der Waals surface area contributed by atoms with Crippen molar-refractivity contribution >= 4 is 11.5 Å². The van der Waals surface area contributed by atoms with Gasteiger partial charge in [0.15, 0.2) is 11.5 Å². The zero-order valence-corrected chi connectivity index (χ0v) is 15.2. The molecule has 1 aliphatic rings. The molecule has 0 radical (unpaired) electrons. The number of nitrogens with two attached hydrogens (primary N) is 1. The van der Waals surface area contributed by atoms with Crippen LogP contribution in [0.3, 0.4) is 0 Å². The molecule has 1 aliphatic heterocycles. The number of hydrogen-bond acceptors (Lipinski definition) is 7. The topological polar surface area (TPSA) is 102 Å². The fourth-order valence-corrected chi connectivity index (χ4v) is 3.00. The Hall–Kier alpha value is -3.14. The summed E-state index contributed by atoms with van der Waals surface area (Å²) in [5.41, 5.74) is 8.80. The molecule has 0 atom stereocenters. The minimum atomic E-state index is 0.161. The van der Waals surface area contributed by atoms with E-state index in [9.17, 15) is 5.26 Å². The average molecular weight is 354 g/mol. The highest BCUT2D eigenvalue weighted by atomic mass is 16.5. The third-order valence-corrected chi connectivity index (χ3v) is 4.37. The Morgan fingerprint density at radius 2 is 2.04 bits per heavy atom. The summed E-state index contributed by atoms with van der Waals surface area (Å²) in [6, 6.07) is 5.81. The highest BCUT2D eigenvalue weighted by Gasteiger charge is 2.27. The first-order valence-corrected chi connectivity index (χ1v) is 8.51. The van der Waals surface area contributed by atoms with Gasteiger partial charge in [-0.25, -0.2) is 0 Å². The Kier molecular flexibility index (Phi) is 5.03. The molecule has 2 aromatic rings. The number of methoxy groups -OCH3 is 2. The van der Waals surface area contributed by atoms with E-state index < -0.39 is 0 Å². The number of nitrogens with zero attached hydrogens (tertiary/aromatic N) is 2. The third-order valence-electron chi connectivity index (χ3n) is 4.37. The maximum absolute atomic E-state index is 9.52. The molecule has 136 valence electrons. The van der Waals surface area contributed by atoms with E-state index in [4.69, 9.17) is 19.9 Å². The Morgan fingerprint density at radius 1 is 1.31 bits per heavy atom. The highest BCUT2D eigenvalue weighted by molar-refractivity contribution is 5.74. The minimum absolute atomic E-state index is 0.161. The van der Waals surface area contributed by atoms with E-state index in [1.54, 1.807) is 20.3 Å². The first kappa shape index (κ1) is 17.7. The van der Waals surface area contributed by atoms with E-state index in [-0.39, 0.29) is 5.82 Å². The Bertz CT molecular complexity index is 874. The van der Waals surface area contributed by atoms with Crippen LogP contribution in [-0.4, -0.2) is 25.7 Å². The van der Waals surface area contributed by atoms with Crippen LogP contribution >= 0.6 is 0 Å². The molecule has 7 nitrogen and oxygen atoms in total. The number of nitriles is 1. The number of aromatic nitrogens is 1. The number of pyridine rings is 1. The number of anilines is 2. The van der Waals surface area contributed by atoms with Gasteiger partial charge in [-0.3, -0.25) is 0 Å². The second-order valence-corrected chi connectivity index (χ2v) is 6.02. The lowest BCUT2D eigenvalue weighted by Gasteiger charge is -2.24. The number of rotatable bonds is 6. The number of nitrogen functional groups attached to an aromatic ring is 1. The third kappa shape index (κ3) is 3.06. The summed E-state index contributed by atoms with van der Waals surface area (Å²) in [6.07, 6.45) is 2.60. The minimum Gasteiger partial charge on any atom is -0.493 e. The molecule has 0 spiro atoms. The van der Waals surface area contributed by atoms with E-state index in [0.717, 1.165) is 30.5 Å². The van der Waals surface area contributed by atoms with Crippen LogP contribution in [0.25, 0.3) is 0 Å². The zero-order chi connectivity index (χ0) is 18.7.